The second kappa shape index (κ2) is 3.64. The van der Waals surface area contributed by atoms with Crippen molar-refractivity contribution in [2.45, 2.75) is 20.0 Å². The van der Waals surface area contributed by atoms with Crippen molar-refractivity contribution in [1.29, 1.82) is 0 Å². The molecule has 3 N–H and O–H groups in total. The van der Waals surface area contributed by atoms with E-state index in [2.05, 4.69) is 4.98 Å². The molecule has 1 atom stereocenters. The van der Waals surface area contributed by atoms with Gasteiger partial charge in [0.1, 0.15) is 0 Å². The summed E-state index contributed by atoms with van der Waals surface area (Å²) in [4.78, 5) is 14.0. The number of aliphatic hydroxyl groups is 1. The summed E-state index contributed by atoms with van der Waals surface area (Å²) < 4.78 is 0. The fourth-order valence-electron chi connectivity index (χ4n) is 2.08. The lowest BCUT2D eigenvalue weighted by atomic mass is 10.0. The van der Waals surface area contributed by atoms with E-state index in [0.29, 0.717) is 5.52 Å². The Labute approximate surface area is 92.5 Å². The predicted octanol–water partition coefficient (Wildman–Crippen LogP) is 2.23. The van der Waals surface area contributed by atoms with Crippen molar-refractivity contribution < 1.29 is 15.0 Å². The Morgan fingerprint density at radius 1 is 1.44 bits per heavy atom. The summed E-state index contributed by atoms with van der Waals surface area (Å²) in [7, 11) is 0. The summed E-state index contributed by atoms with van der Waals surface area (Å²) >= 11 is 0. The number of hydrogen-bond donors (Lipinski definition) is 3. The number of benzene rings is 1. The zero-order valence-corrected chi connectivity index (χ0v) is 9.11. The molecule has 0 aliphatic rings. The number of fused-ring (bicyclic) bond motifs is 1. The van der Waals surface area contributed by atoms with Crippen LogP contribution in [0.5, 0.6) is 0 Å². The van der Waals surface area contributed by atoms with Crippen LogP contribution in [0.3, 0.4) is 0 Å². The van der Waals surface area contributed by atoms with Gasteiger partial charge in [-0.2, -0.15) is 0 Å². The highest BCUT2D eigenvalue weighted by Crippen LogP contribution is 2.29. The number of aliphatic hydroxyl groups excluding tert-OH is 1. The molecule has 4 heteroatoms. The van der Waals surface area contributed by atoms with Crippen LogP contribution in [-0.2, 0) is 0 Å². The second-order valence-electron chi connectivity index (χ2n) is 3.87. The lowest BCUT2D eigenvalue weighted by Crippen LogP contribution is -1.97. The van der Waals surface area contributed by atoms with Crippen LogP contribution < -0.4 is 0 Å². The van der Waals surface area contributed by atoms with Gasteiger partial charge >= 0.3 is 5.97 Å². The van der Waals surface area contributed by atoms with Crippen molar-refractivity contribution in [3.8, 4) is 0 Å². The van der Waals surface area contributed by atoms with Crippen LogP contribution in [0.4, 0.5) is 0 Å². The summed E-state index contributed by atoms with van der Waals surface area (Å²) in [6.45, 7) is 3.50. The molecule has 2 rings (SSSR count). The Hall–Kier alpha value is -1.81. The van der Waals surface area contributed by atoms with E-state index in [1.807, 2.05) is 13.0 Å². The lowest BCUT2D eigenvalue weighted by molar-refractivity contribution is 0.0699. The van der Waals surface area contributed by atoms with Crippen LogP contribution in [0.25, 0.3) is 10.9 Å². The van der Waals surface area contributed by atoms with Crippen LogP contribution in [0.1, 0.15) is 34.6 Å². The van der Waals surface area contributed by atoms with Crippen molar-refractivity contribution in [1.82, 2.24) is 4.98 Å². The van der Waals surface area contributed by atoms with Crippen molar-refractivity contribution in [2.75, 3.05) is 0 Å². The molecule has 84 valence electrons. The molecule has 0 aliphatic heterocycles. The Balaban J connectivity index is 2.83. The van der Waals surface area contributed by atoms with Gasteiger partial charge in [-0.3, -0.25) is 0 Å². The Morgan fingerprint density at radius 2 is 2.12 bits per heavy atom. The first-order valence-corrected chi connectivity index (χ1v) is 5.05. The molecule has 2 aromatic rings. The van der Waals surface area contributed by atoms with Crippen LogP contribution in [0, 0.1) is 6.92 Å². The topological polar surface area (TPSA) is 73.3 Å². The highest BCUT2D eigenvalue weighted by Gasteiger charge is 2.17. The average Bonchev–Trinajstić information content (AvgIpc) is 2.52. The summed E-state index contributed by atoms with van der Waals surface area (Å²) in [6, 6.07) is 5.05. The molecule has 0 spiro atoms. The number of carboxylic acid groups (broad SMARTS) is 1. The maximum atomic E-state index is 11.0. The molecular weight excluding hydrogens is 206 g/mol. The van der Waals surface area contributed by atoms with Gasteiger partial charge in [0.05, 0.1) is 17.2 Å². The van der Waals surface area contributed by atoms with Gasteiger partial charge in [0.25, 0.3) is 0 Å². The second-order valence-corrected chi connectivity index (χ2v) is 3.87. The van der Waals surface area contributed by atoms with Crippen molar-refractivity contribution in [3.05, 3.63) is 35.0 Å². The minimum absolute atomic E-state index is 0.229. The monoisotopic (exact) mass is 219 g/mol. The maximum absolute atomic E-state index is 11.0. The first kappa shape index (κ1) is 10.7. The van der Waals surface area contributed by atoms with E-state index in [4.69, 9.17) is 5.11 Å². The van der Waals surface area contributed by atoms with E-state index in [1.165, 1.54) is 0 Å². The normalized spacial score (nSPS) is 12.9. The largest absolute Gasteiger partial charge is 0.478 e. The smallest absolute Gasteiger partial charge is 0.337 e. The first-order valence-electron chi connectivity index (χ1n) is 5.05. The van der Waals surface area contributed by atoms with Crippen LogP contribution in [0.2, 0.25) is 0 Å². The number of rotatable bonds is 2. The molecule has 0 saturated heterocycles. The van der Waals surface area contributed by atoms with Crippen molar-refractivity contribution in [3.63, 3.8) is 0 Å². The molecule has 16 heavy (non-hydrogen) atoms. The number of hydrogen-bond acceptors (Lipinski definition) is 2. The quantitative estimate of drug-likeness (QED) is 0.725. The van der Waals surface area contributed by atoms with Crippen molar-refractivity contribution >= 4 is 16.9 Å². The molecule has 1 aromatic heterocycles. The van der Waals surface area contributed by atoms with Gasteiger partial charge in [0.2, 0.25) is 0 Å². The molecule has 4 nitrogen and oxygen atoms in total. The van der Waals surface area contributed by atoms with Gasteiger partial charge in [0.15, 0.2) is 0 Å². The number of aryl methyl sites for hydroxylation is 1. The SMILES string of the molecule is Cc1[nH]c2c(C(=O)O)cccc2c1C(C)O. The fraction of sp³-hybridized carbons (Fsp3) is 0.250. The number of aromatic carboxylic acids is 1. The molecule has 0 bridgehead atoms. The Morgan fingerprint density at radius 3 is 2.69 bits per heavy atom. The molecule has 0 fully saturated rings. The van der Waals surface area contributed by atoms with E-state index >= 15 is 0 Å². The molecule has 1 unspecified atom stereocenters. The van der Waals surface area contributed by atoms with Gasteiger partial charge < -0.3 is 15.2 Å². The third-order valence-corrected chi connectivity index (χ3v) is 2.72. The minimum atomic E-state index is -0.969. The standard InChI is InChI=1S/C12H13NO3/c1-6-10(7(2)14)8-4-3-5-9(12(15)16)11(8)13-6/h3-5,7,13-14H,1-2H3,(H,15,16). The molecule has 1 heterocycles. The number of para-hydroxylation sites is 1. The number of aromatic amines is 1. The summed E-state index contributed by atoms with van der Waals surface area (Å²) in [5, 5.41) is 19.5. The lowest BCUT2D eigenvalue weighted by Gasteiger charge is -2.04. The number of aromatic nitrogens is 1. The van der Waals surface area contributed by atoms with Gasteiger partial charge in [0, 0.05) is 16.6 Å². The van der Waals surface area contributed by atoms with Crippen LogP contribution >= 0.6 is 0 Å². The van der Waals surface area contributed by atoms with Crippen molar-refractivity contribution in [2.24, 2.45) is 0 Å². The van der Waals surface area contributed by atoms with Gasteiger partial charge in [-0.15, -0.1) is 0 Å². The summed E-state index contributed by atoms with van der Waals surface area (Å²) in [6.07, 6.45) is -0.613. The van der Waals surface area contributed by atoms with Gasteiger partial charge in [-0.25, -0.2) is 4.79 Å². The fourth-order valence-corrected chi connectivity index (χ4v) is 2.08. The molecule has 0 saturated carbocycles. The van der Waals surface area contributed by atoms with Gasteiger partial charge in [-0.1, -0.05) is 12.1 Å². The van der Waals surface area contributed by atoms with Crippen LogP contribution in [0.15, 0.2) is 18.2 Å². The average molecular weight is 219 g/mol. The van der Waals surface area contributed by atoms with E-state index in [-0.39, 0.29) is 5.56 Å². The summed E-state index contributed by atoms with van der Waals surface area (Å²) in [5.41, 5.74) is 2.37. The van der Waals surface area contributed by atoms with Gasteiger partial charge in [-0.05, 0) is 19.9 Å². The minimum Gasteiger partial charge on any atom is -0.478 e. The maximum Gasteiger partial charge on any atom is 0.337 e. The molecule has 0 amide bonds. The molecule has 0 radical (unpaired) electrons. The number of carbonyl (C=O) groups is 1. The molecule has 0 aliphatic carbocycles. The highest BCUT2D eigenvalue weighted by molar-refractivity contribution is 6.03. The first-order chi connectivity index (χ1) is 7.52. The number of nitrogens with one attached hydrogen (secondary N) is 1. The number of H-pyrrole nitrogens is 1. The Kier molecular flexibility index (Phi) is 2.44. The van der Waals surface area contributed by atoms with E-state index < -0.39 is 12.1 Å². The third-order valence-electron chi connectivity index (χ3n) is 2.72. The highest BCUT2D eigenvalue weighted by atomic mass is 16.4. The summed E-state index contributed by atoms with van der Waals surface area (Å²) in [5.74, 6) is -0.969. The number of carboxylic acids is 1. The van der Waals surface area contributed by atoms with Crippen LogP contribution in [-0.4, -0.2) is 21.2 Å². The van der Waals surface area contributed by atoms with E-state index in [0.717, 1.165) is 16.6 Å². The van der Waals surface area contributed by atoms with E-state index in [1.54, 1.807) is 19.1 Å². The van der Waals surface area contributed by atoms with E-state index in [9.17, 15) is 9.90 Å². The zero-order valence-electron chi connectivity index (χ0n) is 9.11. The zero-order chi connectivity index (χ0) is 11.9. The molecule has 1 aromatic carbocycles. The molecular formula is C12H13NO3. The predicted molar refractivity (Wildman–Crippen MR) is 60.6 cm³/mol. The Bertz CT molecular complexity index is 555. The third kappa shape index (κ3) is 1.47.